The lowest BCUT2D eigenvalue weighted by molar-refractivity contribution is -0.126. The lowest BCUT2D eigenvalue weighted by atomic mass is 9.95. The van der Waals surface area contributed by atoms with Crippen LogP contribution in [0.5, 0.6) is 0 Å². The molecule has 1 aromatic heterocycles. The van der Waals surface area contributed by atoms with Gasteiger partial charge < -0.3 is 20.0 Å². The smallest absolute Gasteiger partial charge is 0.317 e. The number of piperidine rings is 1. The average Bonchev–Trinajstić information content (AvgIpc) is 3.20. The molecule has 1 saturated heterocycles. The first-order chi connectivity index (χ1) is 13.0. The van der Waals surface area contributed by atoms with Gasteiger partial charge in [0.25, 0.3) is 0 Å². The van der Waals surface area contributed by atoms with Gasteiger partial charge in [-0.25, -0.2) is 4.79 Å². The van der Waals surface area contributed by atoms with E-state index in [-0.39, 0.29) is 23.9 Å². The standard InChI is InChI=1S/C20H24ClN3O3/c1-14(16-4-2-5-17(21)12-16)23-19(25)15-7-9-24(10-8-15)20(26)22-13-18-6-3-11-27-18/h2-6,11-12,14-15H,7-10,13H2,1H3,(H,22,26)(H,23,25)/t14-/m1/s1. The summed E-state index contributed by atoms with van der Waals surface area (Å²) in [7, 11) is 0. The number of halogens is 1. The predicted molar refractivity (Wildman–Crippen MR) is 103 cm³/mol. The van der Waals surface area contributed by atoms with Crippen LogP contribution in [0.4, 0.5) is 4.79 Å². The lowest BCUT2D eigenvalue weighted by Crippen LogP contribution is -2.46. The van der Waals surface area contributed by atoms with Crippen LogP contribution in [0.25, 0.3) is 0 Å². The van der Waals surface area contributed by atoms with Gasteiger partial charge in [0.1, 0.15) is 5.76 Å². The minimum absolute atomic E-state index is 0.0260. The van der Waals surface area contributed by atoms with E-state index in [0.29, 0.717) is 43.3 Å². The molecule has 3 rings (SSSR count). The van der Waals surface area contributed by atoms with Crippen LogP contribution in [0.15, 0.2) is 47.1 Å². The van der Waals surface area contributed by atoms with Crippen molar-refractivity contribution in [3.63, 3.8) is 0 Å². The third kappa shape index (κ3) is 5.26. The van der Waals surface area contributed by atoms with Crippen molar-refractivity contribution in [2.24, 2.45) is 5.92 Å². The molecular weight excluding hydrogens is 366 g/mol. The number of rotatable bonds is 5. The Morgan fingerprint density at radius 3 is 2.70 bits per heavy atom. The largest absolute Gasteiger partial charge is 0.467 e. The van der Waals surface area contributed by atoms with Crippen molar-refractivity contribution in [3.8, 4) is 0 Å². The number of hydrogen-bond acceptors (Lipinski definition) is 3. The zero-order valence-corrected chi connectivity index (χ0v) is 16.0. The molecule has 1 aromatic carbocycles. The zero-order valence-electron chi connectivity index (χ0n) is 15.3. The van der Waals surface area contributed by atoms with E-state index in [2.05, 4.69) is 10.6 Å². The molecule has 3 amide bonds. The molecule has 7 heteroatoms. The van der Waals surface area contributed by atoms with Gasteiger partial charge in [0, 0.05) is 24.0 Å². The molecule has 1 aliphatic heterocycles. The van der Waals surface area contributed by atoms with Crippen LogP contribution < -0.4 is 10.6 Å². The topological polar surface area (TPSA) is 74.6 Å². The van der Waals surface area contributed by atoms with Crippen molar-refractivity contribution in [2.45, 2.75) is 32.4 Å². The molecule has 2 N–H and O–H groups in total. The summed E-state index contributed by atoms with van der Waals surface area (Å²) in [5.74, 6) is 0.659. The Kier molecular flexibility index (Phi) is 6.40. The summed E-state index contributed by atoms with van der Waals surface area (Å²) >= 11 is 6.02. The van der Waals surface area contributed by atoms with E-state index in [1.165, 1.54) is 0 Å². The minimum atomic E-state index is -0.127. The molecule has 2 heterocycles. The summed E-state index contributed by atoms with van der Waals surface area (Å²) in [6.07, 6.45) is 2.89. The highest BCUT2D eigenvalue weighted by molar-refractivity contribution is 6.30. The maximum atomic E-state index is 12.5. The number of hydrogen-bond donors (Lipinski definition) is 2. The number of amides is 3. The van der Waals surface area contributed by atoms with Gasteiger partial charge in [0.2, 0.25) is 5.91 Å². The van der Waals surface area contributed by atoms with Gasteiger partial charge in [0.05, 0.1) is 18.8 Å². The van der Waals surface area contributed by atoms with E-state index in [4.69, 9.17) is 16.0 Å². The number of nitrogens with zero attached hydrogens (tertiary/aromatic N) is 1. The van der Waals surface area contributed by atoms with Crippen LogP contribution in [0.2, 0.25) is 5.02 Å². The lowest BCUT2D eigenvalue weighted by Gasteiger charge is -2.32. The maximum absolute atomic E-state index is 12.5. The fourth-order valence-electron chi connectivity index (χ4n) is 3.22. The first-order valence-corrected chi connectivity index (χ1v) is 9.51. The van der Waals surface area contributed by atoms with Crippen molar-refractivity contribution in [1.82, 2.24) is 15.5 Å². The normalized spacial score (nSPS) is 16.0. The van der Waals surface area contributed by atoms with E-state index in [1.54, 1.807) is 17.2 Å². The Morgan fingerprint density at radius 1 is 1.26 bits per heavy atom. The quantitative estimate of drug-likeness (QED) is 0.818. The molecule has 2 aromatic rings. The molecule has 0 saturated carbocycles. The molecular formula is C20H24ClN3O3. The summed E-state index contributed by atoms with van der Waals surface area (Å²) in [5.41, 5.74) is 0.977. The number of furan rings is 1. The Balaban J connectivity index is 1.44. The Bertz CT molecular complexity index is 771. The molecule has 0 spiro atoms. The van der Waals surface area contributed by atoms with Crippen molar-refractivity contribution >= 4 is 23.5 Å². The molecule has 1 fully saturated rings. The first-order valence-electron chi connectivity index (χ1n) is 9.14. The summed E-state index contributed by atoms with van der Waals surface area (Å²) in [6, 6.07) is 10.9. The number of likely N-dealkylation sites (tertiary alicyclic amines) is 1. The van der Waals surface area contributed by atoms with Crippen LogP contribution in [0.1, 0.15) is 37.1 Å². The maximum Gasteiger partial charge on any atom is 0.317 e. The number of carbonyl (C=O) groups excluding carboxylic acids is 2. The zero-order chi connectivity index (χ0) is 19.2. The van der Waals surface area contributed by atoms with Gasteiger partial charge in [0.15, 0.2) is 0 Å². The SMILES string of the molecule is C[C@@H](NC(=O)C1CCN(C(=O)NCc2ccco2)CC1)c1cccc(Cl)c1. The van der Waals surface area contributed by atoms with Gasteiger partial charge in [-0.2, -0.15) is 0 Å². The van der Waals surface area contributed by atoms with Crippen molar-refractivity contribution in [2.75, 3.05) is 13.1 Å². The average molecular weight is 390 g/mol. The van der Waals surface area contributed by atoms with Crippen LogP contribution in [0, 0.1) is 5.92 Å². The number of urea groups is 1. The van der Waals surface area contributed by atoms with E-state index in [1.807, 2.05) is 37.3 Å². The van der Waals surface area contributed by atoms with E-state index in [0.717, 1.165) is 5.56 Å². The summed E-state index contributed by atoms with van der Waals surface area (Å²) < 4.78 is 5.21. The van der Waals surface area contributed by atoms with Gasteiger partial charge in [-0.05, 0) is 49.6 Å². The molecule has 0 bridgehead atoms. The molecule has 0 aliphatic carbocycles. The van der Waals surface area contributed by atoms with E-state index < -0.39 is 0 Å². The Morgan fingerprint density at radius 2 is 2.04 bits per heavy atom. The number of benzene rings is 1. The third-order valence-corrected chi connectivity index (χ3v) is 5.09. The van der Waals surface area contributed by atoms with E-state index >= 15 is 0 Å². The number of nitrogens with one attached hydrogen (secondary N) is 2. The highest BCUT2D eigenvalue weighted by Gasteiger charge is 2.28. The summed E-state index contributed by atoms with van der Waals surface area (Å²) in [4.78, 5) is 26.5. The highest BCUT2D eigenvalue weighted by atomic mass is 35.5. The number of carbonyl (C=O) groups is 2. The summed E-state index contributed by atoms with van der Waals surface area (Å²) in [5, 5.41) is 6.54. The van der Waals surface area contributed by atoms with E-state index in [9.17, 15) is 9.59 Å². The van der Waals surface area contributed by atoms with Crippen molar-refractivity contribution in [1.29, 1.82) is 0 Å². The second-order valence-corrected chi connectivity index (χ2v) is 7.22. The molecule has 0 radical (unpaired) electrons. The Labute approximate surface area is 163 Å². The molecule has 27 heavy (non-hydrogen) atoms. The second-order valence-electron chi connectivity index (χ2n) is 6.78. The fraction of sp³-hybridized carbons (Fsp3) is 0.400. The van der Waals surface area contributed by atoms with Crippen LogP contribution in [-0.2, 0) is 11.3 Å². The highest BCUT2D eigenvalue weighted by Crippen LogP contribution is 2.21. The molecule has 6 nitrogen and oxygen atoms in total. The molecule has 1 atom stereocenters. The second kappa shape index (κ2) is 8.95. The van der Waals surface area contributed by atoms with Crippen LogP contribution in [-0.4, -0.2) is 29.9 Å². The fourth-order valence-corrected chi connectivity index (χ4v) is 3.42. The van der Waals surface area contributed by atoms with Crippen molar-refractivity contribution < 1.29 is 14.0 Å². The third-order valence-electron chi connectivity index (χ3n) is 4.85. The first kappa shape index (κ1) is 19.3. The minimum Gasteiger partial charge on any atom is -0.467 e. The van der Waals surface area contributed by atoms with Gasteiger partial charge in [-0.15, -0.1) is 0 Å². The van der Waals surface area contributed by atoms with Gasteiger partial charge >= 0.3 is 6.03 Å². The van der Waals surface area contributed by atoms with Crippen LogP contribution >= 0.6 is 11.6 Å². The van der Waals surface area contributed by atoms with Gasteiger partial charge in [-0.1, -0.05) is 23.7 Å². The van der Waals surface area contributed by atoms with Crippen LogP contribution in [0.3, 0.4) is 0 Å². The predicted octanol–water partition coefficient (Wildman–Crippen LogP) is 3.73. The Hall–Kier alpha value is -2.47. The molecule has 0 unspecified atom stereocenters. The summed E-state index contributed by atoms with van der Waals surface area (Å²) in [6.45, 7) is 3.44. The van der Waals surface area contributed by atoms with Crippen molar-refractivity contribution in [3.05, 3.63) is 59.0 Å². The molecule has 144 valence electrons. The monoisotopic (exact) mass is 389 g/mol. The molecule has 1 aliphatic rings. The van der Waals surface area contributed by atoms with Gasteiger partial charge in [-0.3, -0.25) is 4.79 Å².